The highest BCUT2D eigenvalue weighted by atomic mass is 35.5. The molecule has 10 heteroatoms. The third kappa shape index (κ3) is 4.76. The molecule has 1 aromatic heterocycles. The van der Waals surface area contributed by atoms with Crippen molar-refractivity contribution >= 4 is 40.7 Å². The van der Waals surface area contributed by atoms with Crippen LogP contribution in [-0.4, -0.2) is 51.7 Å². The molecule has 3 rings (SSSR count). The Bertz CT molecular complexity index is 867. The van der Waals surface area contributed by atoms with Gasteiger partial charge in [0.2, 0.25) is 5.91 Å². The first kappa shape index (κ1) is 21.3. The first-order chi connectivity index (χ1) is 13.3. The third-order valence-corrected chi connectivity index (χ3v) is 5.84. The molecule has 0 radical (unpaired) electrons. The normalized spacial score (nSPS) is 15.5. The number of carbonyl (C=O) groups excluding carboxylic acids is 1. The maximum Gasteiger partial charge on any atom is 0.283 e. The van der Waals surface area contributed by atoms with Crippen molar-refractivity contribution in [2.24, 2.45) is 0 Å². The second kappa shape index (κ2) is 8.95. The van der Waals surface area contributed by atoms with Gasteiger partial charge >= 0.3 is 0 Å². The summed E-state index contributed by atoms with van der Waals surface area (Å²) >= 11 is 18.0. The second-order valence-corrected chi connectivity index (χ2v) is 7.86. The summed E-state index contributed by atoms with van der Waals surface area (Å²) in [5.74, 6) is -0.174. The predicted molar refractivity (Wildman–Crippen MR) is 105 cm³/mol. The Kier molecular flexibility index (Phi) is 6.81. The summed E-state index contributed by atoms with van der Waals surface area (Å²) in [6.07, 6.45) is -2.77. The van der Waals surface area contributed by atoms with Gasteiger partial charge in [-0.1, -0.05) is 40.9 Å². The summed E-state index contributed by atoms with van der Waals surface area (Å²) in [4.78, 5) is 16.5. The Morgan fingerprint density at radius 2 is 1.86 bits per heavy atom. The molecule has 1 aliphatic heterocycles. The highest BCUT2D eigenvalue weighted by Gasteiger charge is 2.25. The van der Waals surface area contributed by atoms with E-state index in [1.165, 1.54) is 4.68 Å². The van der Waals surface area contributed by atoms with E-state index in [2.05, 4.69) is 10.00 Å². The molecule has 2 heterocycles. The van der Waals surface area contributed by atoms with Crippen LogP contribution in [0.3, 0.4) is 0 Å². The second-order valence-electron chi connectivity index (χ2n) is 6.64. The topological polar surface area (TPSA) is 41.4 Å². The number of benzene rings is 1. The Balaban J connectivity index is 1.56. The van der Waals surface area contributed by atoms with Gasteiger partial charge in [-0.25, -0.2) is 8.78 Å². The molecule has 5 nitrogen and oxygen atoms in total. The van der Waals surface area contributed by atoms with E-state index >= 15 is 0 Å². The summed E-state index contributed by atoms with van der Waals surface area (Å²) in [6.45, 7) is 4.59. The molecule has 1 saturated heterocycles. The van der Waals surface area contributed by atoms with Crippen molar-refractivity contribution in [3.63, 3.8) is 0 Å². The van der Waals surface area contributed by atoms with Gasteiger partial charge < -0.3 is 4.90 Å². The molecule has 1 fully saturated rings. The van der Waals surface area contributed by atoms with E-state index < -0.39 is 12.1 Å². The third-order valence-electron chi connectivity index (χ3n) is 4.78. The van der Waals surface area contributed by atoms with Gasteiger partial charge in [-0.15, -0.1) is 0 Å². The number of halogens is 5. The average molecular weight is 452 g/mol. The highest BCUT2D eigenvalue weighted by Crippen LogP contribution is 2.28. The molecular formula is C18H19Cl3F2N4O. The number of rotatable bonds is 5. The maximum atomic E-state index is 12.9. The molecule has 0 bridgehead atoms. The summed E-state index contributed by atoms with van der Waals surface area (Å²) in [5, 5.41) is 4.90. The number of hydrogen-bond donors (Lipinski definition) is 0. The fourth-order valence-corrected chi connectivity index (χ4v) is 3.80. The molecule has 0 unspecified atom stereocenters. The van der Waals surface area contributed by atoms with E-state index in [1.807, 2.05) is 6.07 Å². The minimum absolute atomic E-state index is 0.0903. The van der Waals surface area contributed by atoms with Crippen molar-refractivity contribution < 1.29 is 13.6 Å². The van der Waals surface area contributed by atoms with Crippen LogP contribution >= 0.6 is 34.8 Å². The zero-order valence-corrected chi connectivity index (χ0v) is 17.4. The molecular weight excluding hydrogens is 433 g/mol. The predicted octanol–water partition coefficient (Wildman–Crippen LogP) is 4.43. The van der Waals surface area contributed by atoms with Gasteiger partial charge in [-0.05, 0) is 24.6 Å². The Hall–Kier alpha value is -1.41. The van der Waals surface area contributed by atoms with Crippen molar-refractivity contribution in [1.29, 1.82) is 0 Å². The SMILES string of the molecule is Cc1c(Cl)c(C(F)F)nn1CC(=O)N1CCN(Cc2ccc(Cl)cc2Cl)CC1. The molecule has 1 amide bonds. The molecule has 0 atom stereocenters. The van der Waals surface area contributed by atoms with Crippen LogP contribution in [0.4, 0.5) is 8.78 Å². The van der Waals surface area contributed by atoms with Crippen molar-refractivity contribution in [3.8, 4) is 0 Å². The molecule has 28 heavy (non-hydrogen) atoms. The van der Waals surface area contributed by atoms with Gasteiger partial charge in [0, 0.05) is 42.8 Å². The van der Waals surface area contributed by atoms with Crippen LogP contribution in [0.1, 0.15) is 23.4 Å². The van der Waals surface area contributed by atoms with Gasteiger partial charge in [0.25, 0.3) is 6.43 Å². The molecule has 0 spiro atoms. The number of carbonyl (C=O) groups is 1. The Morgan fingerprint density at radius 1 is 1.18 bits per heavy atom. The van der Waals surface area contributed by atoms with Crippen LogP contribution in [0.15, 0.2) is 18.2 Å². The first-order valence-electron chi connectivity index (χ1n) is 8.71. The minimum Gasteiger partial charge on any atom is -0.339 e. The Morgan fingerprint density at radius 3 is 2.43 bits per heavy atom. The van der Waals surface area contributed by atoms with Crippen LogP contribution in [0.2, 0.25) is 15.1 Å². The van der Waals surface area contributed by atoms with Gasteiger partial charge in [-0.2, -0.15) is 5.10 Å². The number of amides is 1. The minimum atomic E-state index is -2.77. The van der Waals surface area contributed by atoms with E-state index in [0.29, 0.717) is 48.5 Å². The lowest BCUT2D eigenvalue weighted by Crippen LogP contribution is -2.49. The Labute approximate surface area is 176 Å². The zero-order valence-electron chi connectivity index (χ0n) is 15.1. The molecule has 1 aliphatic rings. The lowest BCUT2D eigenvalue weighted by atomic mass is 10.2. The summed E-state index contributed by atoms with van der Waals surface area (Å²) < 4.78 is 27.1. The zero-order chi connectivity index (χ0) is 20.4. The van der Waals surface area contributed by atoms with Gasteiger partial charge in [0.1, 0.15) is 12.2 Å². The fraction of sp³-hybridized carbons (Fsp3) is 0.444. The van der Waals surface area contributed by atoms with Crippen LogP contribution in [-0.2, 0) is 17.9 Å². The van der Waals surface area contributed by atoms with Crippen LogP contribution in [0.25, 0.3) is 0 Å². The van der Waals surface area contributed by atoms with Crippen molar-refractivity contribution in [1.82, 2.24) is 19.6 Å². The van der Waals surface area contributed by atoms with Gasteiger partial charge in [0.15, 0.2) is 0 Å². The molecule has 0 N–H and O–H groups in total. The molecule has 0 saturated carbocycles. The van der Waals surface area contributed by atoms with Gasteiger partial charge in [0.05, 0.1) is 10.7 Å². The molecule has 1 aromatic carbocycles. The first-order valence-corrected chi connectivity index (χ1v) is 9.84. The van der Waals surface area contributed by atoms with E-state index in [9.17, 15) is 13.6 Å². The lowest BCUT2D eigenvalue weighted by molar-refractivity contribution is -0.133. The standard InChI is InChI=1S/C18H19Cl3F2N4O/c1-11-16(21)17(18(22)23)24-27(11)10-15(28)26-6-4-25(5-7-26)9-12-2-3-13(19)8-14(12)20/h2-3,8,18H,4-7,9-10H2,1H3. The van der Waals surface area contributed by atoms with E-state index in [1.54, 1.807) is 24.0 Å². The number of aromatic nitrogens is 2. The summed E-state index contributed by atoms with van der Waals surface area (Å²) in [5.41, 5.74) is 0.852. The number of hydrogen-bond acceptors (Lipinski definition) is 3. The number of alkyl halides is 2. The van der Waals surface area contributed by atoms with Gasteiger partial charge in [-0.3, -0.25) is 14.4 Å². The van der Waals surface area contributed by atoms with Crippen LogP contribution in [0, 0.1) is 6.92 Å². The van der Waals surface area contributed by atoms with E-state index in [-0.39, 0.29) is 17.5 Å². The van der Waals surface area contributed by atoms with Crippen molar-refractivity contribution in [2.45, 2.75) is 26.4 Å². The summed E-state index contributed by atoms with van der Waals surface area (Å²) in [7, 11) is 0. The lowest BCUT2D eigenvalue weighted by Gasteiger charge is -2.35. The van der Waals surface area contributed by atoms with E-state index in [0.717, 1.165) is 5.56 Å². The molecule has 152 valence electrons. The number of piperazine rings is 1. The van der Waals surface area contributed by atoms with Crippen LogP contribution < -0.4 is 0 Å². The monoisotopic (exact) mass is 450 g/mol. The molecule has 2 aromatic rings. The number of nitrogens with zero attached hydrogens (tertiary/aromatic N) is 4. The summed E-state index contributed by atoms with van der Waals surface area (Å²) in [6, 6.07) is 5.41. The maximum absolute atomic E-state index is 12.9. The van der Waals surface area contributed by atoms with Crippen LogP contribution in [0.5, 0.6) is 0 Å². The quantitative estimate of drug-likeness (QED) is 0.675. The molecule has 0 aliphatic carbocycles. The van der Waals surface area contributed by atoms with Crippen molar-refractivity contribution in [3.05, 3.63) is 50.2 Å². The highest BCUT2D eigenvalue weighted by molar-refractivity contribution is 6.35. The smallest absolute Gasteiger partial charge is 0.283 e. The average Bonchev–Trinajstić information content (AvgIpc) is 2.93. The van der Waals surface area contributed by atoms with Crippen molar-refractivity contribution in [2.75, 3.05) is 26.2 Å². The largest absolute Gasteiger partial charge is 0.339 e. The van der Waals surface area contributed by atoms with E-state index in [4.69, 9.17) is 34.8 Å². The fourth-order valence-electron chi connectivity index (χ4n) is 3.12.